The number of anilines is 1. The van der Waals surface area contributed by atoms with Gasteiger partial charge < -0.3 is 14.6 Å². The van der Waals surface area contributed by atoms with Crippen LogP contribution in [-0.4, -0.2) is 31.5 Å². The first-order chi connectivity index (χ1) is 9.11. The van der Waals surface area contributed by atoms with Gasteiger partial charge in [-0.2, -0.15) is 0 Å². The van der Waals surface area contributed by atoms with Crippen LogP contribution in [0.15, 0.2) is 27.4 Å². The Morgan fingerprint density at radius 3 is 3.00 bits per heavy atom. The number of rotatable bonds is 5. The summed E-state index contributed by atoms with van der Waals surface area (Å²) in [6.07, 6.45) is 1.28. The summed E-state index contributed by atoms with van der Waals surface area (Å²) >= 11 is 0. The van der Waals surface area contributed by atoms with E-state index in [4.69, 9.17) is 4.42 Å². The lowest BCUT2D eigenvalue weighted by Crippen LogP contribution is -2.26. The van der Waals surface area contributed by atoms with Crippen LogP contribution < -0.4 is 16.0 Å². The maximum Gasteiger partial charge on any atom is 0.417 e. The van der Waals surface area contributed by atoms with Gasteiger partial charge in [0.2, 0.25) is 5.91 Å². The average molecular weight is 263 g/mol. The molecule has 0 fully saturated rings. The van der Waals surface area contributed by atoms with E-state index in [-0.39, 0.29) is 5.91 Å². The van der Waals surface area contributed by atoms with E-state index in [0.29, 0.717) is 17.5 Å². The number of nitrogens with one attached hydrogen (secondary N) is 2. The van der Waals surface area contributed by atoms with Crippen LogP contribution in [0.25, 0.3) is 11.1 Å². The van der Waals surface area contributed by atoms with Crippen molar-refractivity contribution in [3.8, 4) is 0 Å². The third-order valence-corrected chi connectivity index (χ3v) is 2.98. The zero-order valence-corrected chi connectivity index (χ0v) is 11.0. The summed E-state index contributed by atoms with van der Waals surface area (Å²) in [6, 6.07) is 5.17. The molecule has 0 aliphatic rings. The summed E-state index contributed by atoms with van der Waals surface area (Å²) in [5.74, 6) is -0.449. The Bertz CT molecular complexity index is 629. The average Bonchev–Trinajstić information content (AvgIpc) is 2.77. The van der Waals surface area contributed by atoms with Gasteiger partial charge in [0.05, 0.1) is 5.52 Å². The van der Waals surface area contributed by atoms with Gasteiger partial charge in [-0.05, 0) is 38.2 Å². The molecule has 1 aromatic heterocycles. The van der Waals surface area contributed by atoms with Gasteiger partial charge in [0.25, 0.3) is 0 Å². The molecule has 6 heteroatoms. The lowest BCUT2D eigenvalue weighted by molar-refractivity contribution is -0.118. The first-order valence-electron chi connectivity index (χ1n) is 6.16. The number of aromatic nitrogens is 1. The first-order valence-corrected chi connectivity index (χ1v) is 6.16. The molecule has 102 valence electrons. The minimum Gasteiger partial charge on any atom is -0.408 e. The monoisotopic (exact) mass is 263 g/mol. The fraction of sp³-hybridized carbons (Fsp3) is 0.385. The lowest BCUT2D eigenvalue weighted by atomic mass is 10.2. The Hall–Kier alpha value is -2.08. The maximum absolute atomic E-state index is 12.0. The highest BCUT2D eigenvalue weighted by atomic mass is 16.4. The molecular formula is C13H17N3O3. The van der Waals surface area contributed by atoms with Crippen LogP contribution in [0.1, 0.15) is 12.8 Å². The van der Waals surface area contributed by atoms with E-state index in [1.165, 1.54) is 0 Å². The SMILES string of the molecule is CNCCCC(=O)N(C)c1ccc2oc(=O)[nH]c2c1. The van der Waals surface area contributed by atoms with Crippen molar-refractivity contribution in [3.05, 3.63) is 28.7 Å². The second-order valence-corrected chi connectivity index (χ2v) is 4.35. The molecule has 2 rings (SSSR count). The number of oxazole rings is 1. The Kier molecular flexibility index (Phi) is 4.01. The second kappa shape index (κ2) is 5.71. The zero-order chi connectivity index (χ0) is 13.8. The van der Waals surface area contributed by atoms with E-state index < -0.39 is 5.76 Å². The van der Waals surface area contributed by atoms with E-state index in [1.54, 1.807) is 30.1 Å². The molecule has 0 atom stereocenters. The van der Waals surface area contributed by atoms with Crippen LogP contribution in [0.4, 0.5) is 5.69 Å². The van der Waals surface area contributed by atoms with Gasteiger partial charge >= 0.3 is 5.76 Å². The van der Waals surface area contributed by atoms with E-state index in [9.17, 15) is 9.59 Å². The van der Waals surface area contributed by atoms with Gasteiger partial charge in [-0.25, -0.2) is 4.79 Å². The number of nitrogens with zero attached hydrogens (tertiary/aromatic N) is 1. The molecule has 0 saturated heterocycles. The molecule has 0 unspecified atom stereocenters. The van der Waals surface area contributed by atoms with E-state index in [0.717, 1.165) is 18.7 Å². The summed E-state index contributed by atoms with van der Waals surface area (Å²) in [6.45, 7) is 0.813. The standard InChI is InChI=1S/C13H17N3O3/c1-14-7-3-4-12(17)16(2)9-5-6-11-10(8-9)15-13(18)19-11/h5-6,8,14H,3-4,7H2,1-2H3,(H,15,18). The molecule has 0 aliphatic heterocycles. The highest BCUT2D eigenvalue weighted by Crippen LogP contribution is 2.19. The normalized spacial score (nSPS) is 10.8. The third kappa shape index (κ3) is 3.03. The summed E-state index contributed by atoms with van der Waals surface area (Å²) < 4.78 is 4.92. The Labute approximate surface area is 110 Å². The van der Waals surface area contributed by atoms with E-state index in [2.05, 4.69) is 10.3 Å². The Morgan fingerprint density at radius 1 is 1.47 bits per heavy atom. The predicted molar refractivity (Wildman–Crippen MR) is 73.4 cm³/mol. The molecule has 0 aliphatic carbocycles. The van der Waals surface area contributed by atoms with Crippen molar-refractivity contribution >= 4 is 22.7 Å². The molecule has 2 N–H and O–H groups in total. The van der Waals surface area contributed by atoms with Crippen molar-refractivity contribution < 1.29 is 9.21 Å². The third-order valence-electron chi connectivity index (χ3n) is 2.98. The minimum atomic E-state index is -0.491. The highest BCUT2D eigenvalue weighted by Gasteiger charge is 2.12. The molecule has 19 heavy (non-hydrogen) atoms. The van der Waals surface area contributed by atoms with Gasteiger partial charge in [-0.15, -0.1) is 0 Å². The Morgan fingerprint density at radius 2 is 2.26 bits per heavy atom. The molecule has 0 saturated carbocycles. The molecule has 1 heterocycles. The van der Waals surface area contributed by atoms with Crippen LogP contribution >= 0.6 is 0 Å². The van der Waals surface area contributed by atoms with Crippen molar-refractivity contribution in [1.82, 2.24) is 10.3 Å². The van der Waals surface area contributed by atoms with Gasteiger partial charge in [0.15, 0.2) is 5.58 Å². The fourth-order valence-corrected chi connectivity index (χ4v) is 1.88. The largest absolute Gasteiger partial charge is 0.417 e. The van der Waals surface area contributed by atoms with Crippen molar-refractivity contribution in [2.24, 2.45) is 0 Å². The topological polar surface area (TPSA) is 78.3 Å². The molecule has 0 spiro atoms. The number of benzene rings is 1. The van der Waals surface area contributed by atoms with Gasteiger partial charge in [0, 0.05) is 19.2 Å². The van der Waals surface area contributed by atoms with Crippen molar-refractivity contribution in [3.63, 3.8) is 0 Å². The molecular weight excluding hydrogens is 246 g/mol. The number of H-pyrrole nitrogens is 1. The summed E-state index contributed by atoms with van der Waals surface area (Å²) in [7, 11) is 3.58. The minimum absolute atomic E-state index is 0.0421. The van der Waals surface area contributed by atoms with Crippen molar-refractivity contribution in [2.75, 3.05) is 25.5 Å². The first kappa shape index (κ1) is 13.4. The number of carbonyl (C=O) groups excluding carboxylic acids is 1. The predicted octanol–water partition coefficient (Wildman–Crippen LogP) is 1.08. The number of aromatic amines is 1. The van der Waals surface area contributed by atoms with Crippen LogP contribution in [0.3, 0.4) is 0 Å². The molecule has 1 amide bonds. The molecule has 1 aromatic carbocycles. The lowest BCUT2D eigenvalue weighted by Gasteiger charge is -2.17. The zero-order valence-electron chi connectivity index (χ0n) is 11.0. The van der Waals surface area contributed by atoms with Crippen LogP contribution in [0.5, 0.6) is 0 Å². The summed E-state index contributed by atoms with van der Waals surface area (Å²) in [4.78, 5) is 27.2. The van der Waals surface area contributed by atoms with Gasteiger partial charge in [0.1, 0.15) is 0 Å². The van der Waals surface area contributed by atoms with Crippen LogP contribution in [0.2, 0.25) is 0 Å². The van der Waals surface area contributed by atoms with Crippen LogP contribution in [0, 0.1) is 0 Å². The smallest absolute Gasteiger partial charge is 0.408 e. The summed E-state index contributed by atoms with van der Waals surface area (Å²) in [5.41, 5.74) is 1.82. The second-order valence-electron chi connectivity index (χ2n) is 4.35. The number of hydrogen-bond donors (Lipinski definition) is 2. The highest BCUT2D eigenvalue weighted by molar-refractivity contribution is 5.94. The number of amides is 1. The number of hydrogen-bond acceptors (Lipinski definition) is 4. The van der Waals surface area contributed by atoms with Crippen LogP contribution in [-0.2, 0) is 4.79 Å². The summed E-state index contributed by atoms with van der Waals surface area (Å²) in [5, 5.41) is 3.01. The van der Waals surface area contributed by atoms with Crippen molar-refractivity contribution in [1.29, 1.82) is 0 Å². The van der Waals surface area contributed by atoms with E-state index >= 15 is 0 Å². The fourth-order valence-electron chi connectivity index (χ4n) is 1.88. The van der Waals surface area contributed by atoms with Crippen molar-refractivity contribution in [2.45, 2.75) is 12.8 Å². The Balaban J connectivity index is 2.13. The van der Waals surface area contributed by atoms with Gasteiger partial charge in [-0.3, -0.25) is 9.78 Å². The molecule has 0 radical (unpaired) electrons. The quantitative estimate of drug-likeness (QED) is 0.791. The molecule has 6 nitrogen and oxygen atoms in total. The van der Waals surface area contributed by atoms with E-state index in [1.807, 2.05) is 7.05 Å². The molecule has 0 bridgehead atoms. The maximum atomic E-state index is 12.0. The number of carbonyl (C=O) groups is 1. The number of fused-ring (bicyclic) bond motifs is 1. The van der Waals surface area contributed by atoms with Gasteiger partial charge in [-0.1, -0.05) is 0 Å². The molecule has 2 aromatic rings.